The quantitative estimate of drug-likeness (QED) is 0.321. The Morgan fingerprint density at radius 3 is 2.48 bits per heavy atom. The Balaban J connectivity index is 1.71. The van der Waals surface area contributed by atoms with Crippen molar-refractivity contribution in [1.82, 2.24) is 15.1 Å². The van der Waals surface area contributed by atoms with Gasteiger partial charge in [0.1, 0.15) is 6.04 Å². The molecule has 2 N–H and O–H groups in total. The molecule has 2 aliphatic rings. The summed E-state index contributed by atoms with van der Waals surface area (Å²) in [4.78, 5) is 35.6. The van der Waals surface area contributed by atoms with Crippen molar-refractivity contribution in [3.63, 3.8) is 0 Å². The maximum atomic E-state index is 13.1. The number of rotatable bonds is 5. The molecule has 1 unspecified atom stereocenters. The van der Waals surface area contributed by atoms with Gasteiger partial charge >= 0.3 is 0 Å². The minimum absolute atomic E-state index is 0.00459. The number of aliphatic imine (C=N–C) groups is 1. The largest absolute Gasteiger partial charge is 0.378 e. The highest BCUT2D eigenvalue weighted by atomic mass is 16.2. The van der Waals surface area contributed by atoms with Crippen LogP contribution in [0.1, 0.15) is 32.1 Å². The highest BCUT2D eigenvalue weighted by Crippen LogP contribution is 2.18. The van der Waals surface area contributed by atoms with E-state index in [4.69, 9.17) is 5.26 Å². The van der Waals surface area contributed by atoms with E-state index in [2.05, 4.69) is 15.6 Å². The molecule has 1 aromatic carbocycles. The van der Waals surface area contributed by atoms with E-state index in [0.717, 1.165) is 50.1 Å². The molecule has 31 heavy (non-hydrogen) atoms. The van der Waals surface area contributed by atoms with E-state index >= 15 is 0 Å². The molecule has 1 aromatic rings. The van der Waals surface area contributed by atoms with Crippen LogP contribution in [0.5, 0.6) is 0 Å². The first-order valence-electron chi connectivity index (χ1n) is 10.8. The number of nitrogens with zero attached hydrogens (tertiary/aromatic N) is 5. The topological polar surface area (TPSA) is 104 Å². The molecule has 0 radical (unpaired) electrons. The van der Waals surface area contributed by atoms with Crippen LogP contribution in [0.25, 0.3) is 0 Å². The van der Waals surface area contributed by atoms with Gasteiger partial charge in [0.15, 0.2) is 6.19 Å². The van der Waals surface area contributed by atoms with Gasteiger partial charge in [0.05, 0.1) is 6.54 Å². The third kappa shape index (κ3) is 6.10. The highest BCUT2D eigenvalue weighted by Gasteiger charge is 2.30. The molecule has 0 aliphatic carbocycles. The second kappa shape index (κ2) is 10.7. The van der Waals surface area contributed by atoms with E-state index < -0.39 is 6.04 Å². The first-order chi connectivity index (χ1) is 15.0. The Kier molecular flexibility index (Phi) is 7.70. The summed E-state index contributed by atoms with van der Waals surface area (Å²) in [6, 6.07) is 7.06. The second-order valence-electron chi connectivity index (χ2n) is 8.14. The number of carbonyl (C=O) groups excluding carboxylic acids is 2. The second-order valence-corrected chi connectivity index (χ2v) is 8.14. The summed E-state index contributed by atoms with van der Waals surface area (Å²) in [5.74, 6) is 0.0724. The van der Waals surface area contributed by atoms with Crippen molar-refractivity contribution in [1.29, 1.82) is 5.26 Å². The maximum absolute atomic E-state index is 13.1. The molecule has 9 nitrogen and oxygen atoms in total. The van der Waals surface area contributed by atoms with Crippen molar-refractivity contribution < 1.29 is 9.59 Å². The van der Waals surface area contributed by atoms with E-state index in [9.17, 15) is 9.59 Å². The van der Waals surface area contributed by atoms with Crippen molar-refractivity contribution in [2.45, 2.75) is 38.1 Å². The molecule has 2 fully saturated rings. The van der Waals surface area contributed by atoms with Crippen molar-refractivity contribution in [3.8, 4) is 6.19 Å². The molecule has 2 heterocycles. The lowest BCUT2D eigenvalue weighted by Gasteiger charge is -2.25. The van der Waals surface area contributed by atoms with Crippen LogP contribution in [0.15, 0.2) is 29.3 Å². The van der Waals surface area contributed by atoms with Gasteiger partial charge in [-0.05, 0) is 56.4 Å². The minimum Gasteiger partial charge on any atom is -0.378 e. The van der Waals surface area contributed by atoms with Gasteiger partial charge in [-0.25, -0.2) is 4.99 Å². The molecule has 2 saturated heterocycles. The molecule has 0 bridgehead atoms. The van der Waals surface area contributed by atoms with Gasteiger partial charge in [0.2, 0.25) is 17.8 Å². The lowest BCUT2D eigenvalue weighted by molar-refractivity contribution is -0.140. The predicted molar refractivity (Wildman–Crippen MR) is 121 cm³/mol. The maximum Gasteiger partial charge on any atom is 0.247 e. The van der Waals surface area contributed by atoms with Gasteiger partial charge in [0, 0.05) is 45.1 Å². The van der Waals surface area contributed by atoms with Crippen LogP contribution in [-0.2, 0) is 9.59 Å². The average Bonchev–Trinajstić information content (AvgIpc) is 3.24. The number of guanidine groups is 1. The first kappa shape index (κ1) is 22.4. The molecular weight excluding hydrogens is 394 g/mol. The van der Waals surface area contributed by atoms with Crippen molar-refractivity contribution >= 4 is 29.1 Å². The van der Waals surface area contributed by atoms with Crippen LogP contribution in [0.2, 0.25) is 0 Å². The number of nitrogens with one attached hydrogen (secondary N) is 2. The Bertz CT molecular complexity index is 838. The van der Waals surface area contributed by atoms with Gasteiger partial charge in [-0.1, -0.05) is 0 Å². The number of anilines is 2. The number of carbonyl (C=O) groups is 2. The smallest absolute Gasteiger partial charge is 0.247 e. The van der Waals surface area contributed by atoms with E-state index in [-0.39, 0.29) is 24.3 Å². The van der Waals surface area contributed by atoms with Crippen LogP contribution in [0.3, 0.4) is 0 Å². The zero-order valence-electron chi connectivity index (χ0n) is 18.3. The number of nitriles is 1. The van der Waals surface area contributed by atoms with Crippen LogP contribution in [-0.4, -0.2) is 73.9 Å². The van der Waals surface area contributed by atoms with E-state index in [1.54, 1.807) is 4.90 Å². The SMILES string of the molecule is CN(C)c1ccc(NC(=NC2CCCCN(CC(=O)N3CCCC3)C2=O)NC#N)cc1. The molecule has 0 saturated carbocycles. The lowest BCUT2D eigenvalue weighted by Crippen LogP contribution is -2.45. The summed E-state index contributed by atoms with van der Waals surface area (Å²) in [6.45, 7) is 2.21. The Labute approximate surface area is 183 Å². The molecule has 2 amide bonds. The highest BCUT2D eigenvalue weighted by molar-refractivity contribution is 5.97. The van der Waals surface area contributed by atoms with E-state index in [1.807, 2.05) is 54.4 Å². The molecule has 2 aliphatic heterocycles. The summed E-state index contributed by atoms with van der Waals surface area (Å²) in [5, 5.41) is 14.8. The fourth-order valence-corrected chi connectivity index (χ4v) is 3.88. The van der Waals surface area contributed by atoms with Crippen LogP contribution >= 0.6 is 0 Å². The van der Waals surface area contributed by atoms with Crippen LogP contribution in [0.4, 0.5) is 11.4 Å². The third-order valence-electron chi connectivity index (χ3n) is 5.64. The summed E-state index contributed by atoms with van der Waals surface area (Å²) in [6.07, 6.45) is 6.20. The van der Waals surface area contributed by atoms with E-state index in [1.165, 1.54) is 0 Å². The molecule has 1 atom stereocenters. The van der Waals surface area contributed by atoms with E-state index in [0.29, 0.717) is 13.0 Å². The number of benzene rings is 1. The van der Waals surface area contributed by atoms with Crippen LogP contribution in [0, 0.1) is 11.5 Å². The Hall–Kier alpha value is -3.28. The Morgan fingerprint density at radius 2 is 1.84 bits per heavy atom. The van der Waals surface area contributed by atoms with Crippen molar-refractivity contribution in [3.05, 3.63) is 24.3 Å². The summed E-state index contributed by atoms with van der Waals surface area (Å²) >= 11 is 0. The third-order valence-corrected chi connectivity index (χ3v) is 5.64. The standard InChI is InChI=1S/C22H31N7O2/c1-27(2)18-10-8-17(9-11-18)25-22(24-16-23)26-19-7-3-4-14-29(21(19)31)15-20(30)28-12-5-6-13-28/h8-11,19H,3-7,12-15H2,1-2H3,(H2,24,25,26). The normalized spacial score (nSPS) is 19.6. The summed E-state index contributed by atoms with van der Waals surface area (Å²) in [5.41, 5.74) is 1.81. The monoisotopic (exact) mass is 425 g/mol. The van der Waals surface area contributed by atoms with Gasteiger partial charge < -0.3 is 20.0 Å². The average molecular weight is 426 g/mol. The van der Waals surface area contributed by atoms with Gasteiger partial charge in [-0.3, -0.25) is 14.9 Å². The fourth-order valence-electron chi connectivity index (χ4n) is 3.88. The lowest BCUT2D eigenvalue weighted by atomic mass is 10.1. The van der Waals surface area contributed by atoms with Gasteiger partial charge in [-0.2, -0.15) is 5.26 Å². The molecular formula is C22H31N7O2. The molecule has 0 aromatic heterocycles. The number of likely N-dealkylation sites (tertiary alicyclic amines) is 2. The molecule has 3 rings (SSSR count). The summed E-state index contributed by atoms with van der Waals surface area (Å²) < 4.78 is 0. The van der Waals surface area contributed by atoms with Crippen LogP contribution < -0.4 is 15.5 Å². The van der Waals surface area contributed by atoms with Crippen molar-refractivity contribution in [2.75, 3.05) is 50.5 Å². The molecule has 9 heteroatoms. The van der Waals surface area contributed by atoms with Gasteiger partial charge in [0.25, 0.3) is 0 Å². The fraction of sp³-hybridized carbons (Fsp3) is 0.545. The number of hydrogen-bond donors (Lipinski definition) is 2. The predicted octanol–water partition coefficient (Wildman–Crippen LogP) is 1.59. The summed E-state index contributed by atoms with van der Waals surface area (Å²) in [7, 11) is 3.93. The zero-order chi connectivity index (χ0) is 22.2. The minimum atomic E-state index is -0.627. The Morgan fingerprint density at radius 1 is 1.16 bits per heavy atom. The molecule has 0 spiro atoms. The molecule has 166 valence electrons. The number of hydrogen-bond acceptors (Lipinski definition) is 5. The van der Waals surface area contributed by atoms with Crippen molar-refractivity contribution in [2.24, 2.45) is 4.99 Å². The number of amides is 2. The van der Waals surface area contributed by atoms with Gasteiger partial charge in [-0.15, -0.1) is 0 Å². The first-order valence-corrected chi connectivity index (χ1v) is 10.8. The zero-order valence-corrected chi connectivity index (χ0v) is 18.3.